The van der Waals surface area contributed by atoms with E-state index in [1.807, 2.05) is 0 Å². The fraction of sp³-hybridized carbons (Fsp3) is 1.00. The lowest BCUT2D eigenvalue weighted by molar-refractivity contribution is 0.0961. The first-order valence-electron chi connectivity index (χ1n) is 7.49. The van der Waals surface area contributed by atoms with E-state index in [0.717, 1.165) is 11.8 Å². The van der Waals surface area contributed by atoms with E-state index < -0.39 is 0 Å². The Morgan fingerprint density at radius 3 is 2.12 bits per heavy atom. The summed E-state index contributed by atoms with van der Waals surface area (Å²) in [7, 11) is 0. The van der Waals surface area contributed by atoms with Crippen molar-refractivity contribution in [1.82, 2.24) is 10.2 Å². The molecule has 0 bridgehead atoms. The van der Waals surface area contributed by atoms with Gasteiger partial charge in [-0.2, -0.15) is 0 Å². The Labute approximate surface area is 107 Å². The third-order valence-corrected chi connectivity index (χ3v) is 4.79. The maximum absolute atomic E-state index is 3.46. The van der Waals surface area contributed by atoms with Crippen LogP contribution in [0.4, 0.5) is 0 Å². The molecule has 1 N–H and O–H groups in total. The average Bonchev–Trinajstić information content (AvgIpc) is 2.30. The number of likely N-dealkylation sites (tertiary alicyclic amines) is 1. The molecule has 2 heteroatoms. The van der Waals surface area contributed by atoms with Gasteiger partial charge in [-0.25, -0.2) is 0 Å². The second-order valence-corrected chi connectivity index (χ2v) is 7.13. The number of rotatable bonds is 2. The van der Waals surface area contributed by atoms with Gasteiger partial charge in [-0.3, -0.25) is 0 Å². The summed E-state index contributed by atoms with van der Waals surface area (Å²) in [5, 5.41) is 3.46. The lowest BCUT2D eigenvalue weighted by Crippen LogP contribution is -2.42. The van der Waals surface area contributed by atoms with Gasteiger partial charge in [0.2, 0.25) is 0 Å². The standard InChI is InChI=1S/C15H30N2/c1-15(2,3)14-6-10-17(11-7-14)12-13-4-8-16-9-5-13/h13-14,16H,4-12H2,1-3H3. The number of nitrogens with zero attached hydrogens (tertiary/aromatic N) is 1. The first-order chi connectivity index (χ1) is 8.05. The monoisotopic (exact) mass is 238 g/mol. The molecule has 0 amide bonds. The Balaban J connectivity index is 1.71. The van der Waals surface area contributed by atoms with Gasteiger partial charge in [-0.1, -0.05) is 20.8 Å². The molecular weight excluding hydrogens is 208 g/mol. The van der Waals surface area contributed by atoms with Gasteiger partial charge in [0.05, 0.1) is 0 Å². The normalized spacial score (nSPS) is 26.3. The topological polar surface area (TPSA) is 15.3 Å². The van der Waals surface area contributed by atoms with Crippen LogP contribution in [0.5, 0.6) is 0 Å². The van der Waals surface area contributed by atoms with Crippen molar-refractivity contribution >= 4 is 0 Å². The van der Waals surface area contributed by atoms with E-state index in [4.69, 9.17) is 0 Å². The Bertz CT molecular complexity index is 218. The van der Waals surface area contributed by atoms with Crippen molar-refractivity contribution in [2.45, 2.75) is 46.5 Å². The van der Waals surface area contributed by atoms with Gasteiger partial charge in [0.25, 0.3) is 0 Å². The third-order valence-electron chi connectivity index (χ3n) is 4.79. The van der Waals surface area contributed by atoms with Crippen molar-refractivity contribution in [1.29, 1.82) is 0 Å². The zero-order valence-electron chi connectivity index (χ0n) is 12.0. The van der Waals surface area contributed by atoms with E-state index in [1.165, 1.54) is 58.4 Å². The summed E-state index contributed by atoms with van der Waals surface area (Å²) in [6.07, 6.45) is 5.60. The highest BCUT2D eigenvalue weighted by Crippen LogP contribution is 2.34. The van der Waals surface area contributed by atoms with Crippen molar-refractivity contribution in [3.8, 4) is 0 Å². The third kappa shape index (κ3) is 3.96. The molecule has 0 aromatic heterocycles. The number of nitrogens with one attached hydrogen (secondary N) is 1. The van der Waals surface area contributed by atoms with E-state index in [2.05, 4.69) is 31.0 Å². The summed E-state index contributed by atoms with van der Waals surface area (Å²) < 4.78 is 0. The second-order valence-electron chi connectivity index (χ2n) is 7.13. The van der Waals surface area contributed by atoms with Gasteiger partial charge in [0.15, 0.2) is 0 Å². The zero-order chi connectivity index (χ0) is 12.3. The molecule has 17 heavy (non-hydrogen) atoms. The molecule has 0 radical (unpaired) electrons. The summed E-state index contributed by atoms with van der Waals surface area (Å²) in [6, 6.07) is 0. The molecule has 2 saturated heterocycles. The Kier molecular flexibility index (Phi) is 4.48. The van der Waals surface area contributed by atoms with Crippen molar-refractivity contribution in [3.05, 3.63) is 0 Å². The Hall–Kier alpha value is -0.0800. The minimum atomic E-state index is 0.515. The van der Waals surface area contributed by atoms with Crippen LogP contribution in [-0.4, -0.2) is 37.6 Å². The van der Waals surface area contributed by atoms with Gasteiger partial charge in [-0.15, -0.1) is 0 Å². The quantitative estimate of drug-likeness (QED) is 0.796. The van der Waals surface area contributed by atoms with Crippen LogP contribution in [-0.2, 0) is 0 Å². The van der Waals surface area contributed by atoms with Crippen LogP contribution >= 0.6 is 0 Å². The van der Waals surface area contributed by atoms with Gasteiger partial charge >= 0.3 is 0 Å². The summed E-state index contributed by atoms with van der Waals surface area (Å²) in [5.41, 5.74) is 0.515. The SMILES string of the molecule is CC(C)(C)C1CCN(CC2CCNCC2)CC1. The molecule has 2 aliphatic heterocycles. The molecule has 2 nitrogen and oxygen atoms in total. The summed E-state index contributed by atoms with van der Waals surface area (Å²) in [4.78, 5) is 2.72. The van der Waals surface area contributed by atoms with E-state index >= 15 is 0 Å². The van der Waals surface area contributed by atoms with E-state index in [1.54, 1.807) is 0 Å². The van der Waals surface area contributed by atoms with E-state index in [9.17, 15) is 0 Å². The molecule has 0 unspecified atom stereocenters. The summed E-state index contributed by atoms with van der Waals surface area (Å²) in [5.74, 6) is 1.90. The molecule has 2 fully saturated rings. The maximum atomic E-state index is 3.46. The van der Waals surface area contributed by atoms with Gasteiger partial charge < -0.3 is 10.2 Å². The van der Waals surface area contributed by atoms with Crippen molar-refractivity contribution in [3.63, 3.8) is 0 Å². The van der Waals surface area contributed by atoms with Gasteiger partial charge in [0.1, 0.15) is 0 Å². The molecule has 2 aliphatic rings. The summed E-state index contributed by atoms with van der Waals surface area (Å²) in [6.45, 7) is 13.7. The lowest BCUT2D eigenvalue weighted by atomic mass is 9.75. The maximum Gasteiger partial charge on any atom is 0.00106 e. The van der Waals surface area contributed by atoms with Crippen LogP contribution in [0.15, 0.2) is 0 Å². The van der Waals surface area contributed by atoms with Gasteiger partial charge in [-0.05, 0) is 69.1 Å². The molecule has 2 heterocycles. The molecule has 0 atom stereocenters. The highest BCUT2D eigenvalue weighted by Gasteiger charge is 2.29. The lowest BCUT2D eigenvalue weighted by Gasteiger charge is -2.40. The molecular formula is C15H30N2. The first-order valence-corrected chi connectivity index (χ1v) is 7.49. The summed E-state index contributed by atoms with van der Waals surface area (Å²) >= 11 is 0. The predicted octanol–water partition coefficient (Wildman–Crippen LogP) is 2.74. The van der Waals surface area contributed by atoms with Crippen LogP contribution in [0, 0.1) is 17.3 Å². The van der Waals surface area contributed by atoms with Gasteiger partial charge in [0, 0.05) is 6.54 Å². The fourth-order valence-corrected chi connectivity index (χ4v) is 3.41. The highest BCUT2D eigenvalue weighted by atomic mass is 15.1. The van der Waals surface area contributed by atoms with Crippen molar-refractivity contribution in [2.75, 3.05) is 32.7 Å². The zero-order valence-corrected chi connectivity index (χ0v) is 12.0. The molecule has 100 valence electrons. The van der Waals surface area contributed by atoms with E-state index in [-0.39, 0.29) is 0 Å². The minimum absolute atomic E-state index is 0.515. The molecule has 0 aromatic rings. The molecule has 2 rings (SSSR count). The fourth-order valence-electron chi connectivity index (χ4n) is 3.41. The van der Waals surface area contributed by atoms with Crippen LogP contribution in [0.1, 0.15) is 46.5 Å². The first kappa shape index (κ1) is 13.4. The van der Waals surface area contributed by atoms with Crippen molar-refractivity contribution in [2.24, 2.45) is 17.3 Å². The Morgan fingerprint density at radius 1 is 1.00 bits per heavy atom. The minimum Gasteiger partial charge on any atom is -0.317 e. The second kappa shape index (κ2) is 5.71. The van der Waals surface area contributed by atoms with Crippen LogP contribution < -0.4 is 5.32 Å². The largest absolute Gasteiger partial charge is 0.317 e. The predicted molar refractivity (Wildman–Crippen MR) is 74.2 cm³/mol. The molecule has 0 aliphatic carbocycles. The molecule has 0 saturated carbocycles. The smallest absolute Gasteiger partial charge is 0.00106 e. The Morgan fingerprint density at radius 2 is 1.59 bits per heavy atom. The highest BCUT2D eigenvalue weighted by molar-refractivity contribution is 4.82. The molecule has 0 spiro atoms. The van der Waals surface area contributed by atoms with Crippen LogP contribution in [0.3, 0.4) is 0 Å². The number of hydrogen-bond acceptors (Lipinski definition) is 2. The van der Waals surface area contributed by atoms with Crippen LogP contribution in [0.2, 0.25) is 0 Å². The number of hydrogen-bond donors (Lipinski definition) is 1. The number of piperidine rings is 2. The average molecular weight is 238 g/mol. The van der Waals surface area contributed by atoms with Crippen molar-refractivity contribution < 1.29 is 0 Å². The molecule has 0 aromatic carbocycles. The van der Waals surface area contributed by atoms with E-state index in [0.29, 0.717) is 5.41 Å². The van der Waals surface area contributed by atoms with Crippen LogP contribution in [0.25, 0.3) is 0 Å².